The molecule has 13 aromatic rings. The molecule has 0 saturated heterocycles. The van der Waals surface area contributed by atoms with Gasteiger partial charge in [-0.3, -0.25) is 0 Å². The quantitative estimate of drug-likeness (QED) is 0.156. The van der Waals surface area contributed by atoms with E-state index in [2.05, 4.69) is 264 Å². The smallest absolute Gasteiger partial charge is 0.0726 e. The molecule has 69 heavy (non-hydrogen) atoms. The second-order valence-electron chi connectivity index (χ2n) is 18.7. The first-order chi connectivity index (χ1) is 34.3. The first kappa shape index (κ1) is 38.2. The monoisotopic (exact) mass is 874 g/mol. The summed E-state index contributed by atoms with van der Waals surface area (Å²) < 4.78 is 2.40. The van der Waals surface area contributed by atoms with Crippen molar-refractivity contribution in [2.75, 3.05) is 4.90 Å². The molecule has 0 fully saturated rings. The lowest BCUT2D eigenvalue weighted by Crippen LogP contribution is -2.26. The molecule has 0 aliphatic heterocycles. The number of nitrogens with zero attached hydrogens (tertiary/aromatic N) is 2. The van der Waals surface area contributed by atoms with E-state index in [1.54, 1.807) is 0 Å². The molecule has 2 aliphatic rings. The SMILES string of the molecule is c1ccc(-n2c3ccccc3c3c(-c4ccc(N(c5ccc6c(c5)C5(c7ccccc7-c7ccccc75)c5ccccc5-6)c5cccc6c7ccccc7c7ccccc7c56)cc4)cccc32)cc1. The first-order valence-corrected chi connectivity index (χ1v) is 24.0. The van der Waals surface area contributed by atoms with Crippen molar-refractivity contribution in [3.05, 3.63) is 277 Å². The van der Waals surface area contributed by atoms with E-state index in [-0.39, 0.29) is 0 Å². The van der Waals surface area contributed by atoms with Crippen LogP contribution in [0.25, 0.3) is 93.2 Å². The van der Waals surface area contributed by atoms with E-state index in [1.807, 2.05) is 0 Å². The zero-order chi connectivity index (χ0) is 45.2. The van der Waals surface area contributed by atoms with Crippen LogP contribution >= 0.6 is 0 Å². The third-order valence-electron chi connectivity index (χ3n) is 15.4. The predicted molar refractivity (Wildman–Crippen MR) is 290 cm³/mol. The minimum absolute atomic E-state index is 0.468. The molecule has 320 valence electrons. The fraction of sp³-hybridized carbons (Fsp3) is 0.0149. The van der Waals surface area contributed by atoms with Gasteiger partial charge in [0.15, 0.2) is 0 Å². The molecule has 0 unspecified atom stereocenters. The van der Waals surface area contributed by atoms with Crippen LogP contribution in [0.3, 0.4) is 0 Å². The van der Waals surface area contributed by atoms with Gasteiger partial charge >= 0.3 is 0 Å². The lowest BCUT2D eigenvalue weighted by Gasteiger charge is -2.32. The van der Waals surface area contributed by atoms with Crippen LogP contribution in [0, 0.1) is 0 Å². The number of aromatic nitrogens is 1. The molecule has 12 aromatic carbocycles. The highest BCUT2D eigenvalue weighted by Crippen LogP contribution is 2.63. The normalized spacial score (nSPS) is 13.0. The largest absolute Gasteiger partial charge is 0.310 e. The van der Waals surface area contributed by atoms with Crippen molar-refractivity contribution >= 4 is 71.2 Å². The highest BCUT2D eigenvalue weighted by molar-refractivity contribution is 6.29. The number of benzene rings is 12. The third-order valence-corrected chi connectivity index (χ3v) is 15.4. The maximum Gasteiger partial charge on any atom is 0.0726 e. The molecule has 1 aromatic heterocycles. The fourth-order valence-electron chi connectivity index (χ4n) is 12.7. The van der Waals surface area contributed by atoms with E-state index in [9.17, 15) is 0 Å². The van der Waals surface area contributed by atoms with Crippen LogP contribution in [-0.4, -0.2) is 4.57 Å². The molecule has 1 spiro atoms. The number of fused-ring (bicyclic) bond motifs is 19. The summed E-state index contributed by atoms with van der Waals surface area (Å²) in [5, 5.41) is 10.0. The van der Waals surface area contributed by atoms with Gasteiger partial charge in [-0.2, -0.15) is 0 Å². The fourth-order valence-corrected chi connectivity index (χ4v) is 12.7. The minimum atomic E-state index is -0.468. The van der Waals surface area contributed by atoms with Crippen molar-refractivity contribution < 1.29 is 0 Å². The Kier molecular flexibility index (Phi) is 8.02. The third kappa shape index (κ3) is 5.20. The Labute approximate surface area is 400 Å². The van der Waals surface area contributed by atoms with Crippen LogP contribution in [0.1, 0.15) is 22.3 Å². The van der Waals surface area contributed by atoms with Crippen molar-refractivity contribution in [1.82, 2.24) is 4.57 Å². The van der Waals surface area contributed by atoms with Crippen molar-refractivity contribution in [3.8, 4) is 39.1 Å². The molecular formula is C67H42N2. The summed E-state index contributed by atoms with van der Waals surface area (Å²) in [5.74, 6) is 0. The van der Waals surface area contributed by atoms with E-state index in [0.29, 0.717) is 0 Å². The molecular weight excluding hydrogens is 833 g/mol. The summed E-state index contributed by atoms with van der Waals surface area (Å²) in [6.07, 6.45) is 0. The highest BCUT2D eigenvalue weighted by Gasteiger charge is 2.51. The second kappa shape index (κ2) is 14.5. The molecule has 0 amide bonds. The number of hydrogen-bond acceptors (Lipinski definition) is 1. The summed E-state index contributed by atoms with van der Waals surface area (Å²) in [4.78, 5) is 2.53. The number of hydrogen-bond donors (Lipinski definition) is 0. The molecule has 1 heterocycles. The Bertz CT molecular complexity index is 4140. The van der Waals surface area contributed by atoms with Gasteiger partial charge in [0.2, 0.25) is 0 Å². The van der Waals surface area contributed by atoms with Crippen LogP contribution in [0.4, 0.5) is 17.1 Å². The van der Waals surface area contributed by atoms with Gasteiger partial charge in [0.1, 0.15) is 0 Å². The first-order valence-electron chi connectivity index (χ1n) is 24.0. The average Bonchev–Trinajstić information content (AvgIpc) is 4.03. The van der Waals surface area contributed by atoms with Crippen molar-refractivity contribution in [3.63, 3.8) is 0 Å². The lowest BCUT2D eigenvalue weighted by molar-refractivity contribution is 0.793. The summed E-state index contributed by atoms with van der Waals surface area (Å²) in [6.45, 7) is 0. The Morgan fingerprint density at radius 2 is 0.754 bits per heavy atom. The Hall–Kier alpha value is -8.98. The second-order valence-corrected chi connectivity index (χ2v) is 18.7. The molecule has 0 atom stereocenters. The number of anilines is 3. The Morgan fingerprint density at radius 3 is 1.41 bits per heavy atom. The van der Waals surface area contributed by atoms with Gasteiger partial charge in [-0.15, -0.1) is 0 Å². The van der Waals surface area contributed by atoms with Crippen molar-refractivity contribution in [1.29, 1.82) is 0 Å². The zero-order valence-electron chi connectivity index (χ0n) is 37.6. The topological polar surface area (TPSA) is 8.17 Å². The maximum atomic E-state index is 2.53. The lowest BCUT2D eigenvalue weighted by atomic mass is 9.70. The molecule has 0 bridgehead atoms. The summed E-state index contributed by atoms with van der Waals surface area (Å²) in [6, 6.07) is 94.9. The molecule has 2 heteroatoms. The van der Waals surface area contributed by atoms with Gasteiger partial charge in [0, 0.05) is 33.2 Å². The van der Waals surface area contributed by atoms with Gasteiger partial charge in [0.25, 0.3) is 0 Å². The highest BCUT2D eigenvalue weighted by atomic mass is 15.1. The van der Waals surface area contributed by atoms with Crippen LogP contribution < -0.4 is 4.90 Å². The van der Waals surface area contributed by atoms with Crippen LogP contribution in [0.5, 0.6) is 0 Å². The summed E-state index contributed by atoms with van der Waals surface area (Å²) in [5.41, 5.74) is 19.4. The van der Waals surface area contributed by atoms with Crippen LogP contribution in [0.15, 0.2) is 255 Å². The zero-order valence-corrected chi connectivity index (χ0v) is 37.6. The van der Waals surface area contributed by atoms with E-state index in [0.717, 1.165) is 22.7 Å². The van der Waals surface area contributed by atoms with E-state index < -0.39 is 5.41 Å². The van der Waals surface area contributed by atoms with Gasteiger partial charge in [-0.25, -0.2) is 0 Å². The molecule has 2 nitrogen and oxygen atoms in total. The van der Waals surface area contributed by atoms with Gasteiger partial charge in [0.05, 0.1) is 22.1 Å². The van der Waals surface area contributed by atoms with Gasteiger partial charge < -0.3 is 9.47 Å². The molecule has 0 radical (unpaired) electrons. The Morgan fingerprint density at radius 1 is 0.290 bits per heavy atom. The number of rotatable bonds is 5. The molecule has 15 rings (SSSR count). The minimum Gasteiger partial charge on any atom is -0.310 e. The maximum absolute atomic E-state index is 2.53. The molecule has 0 N–H and O–H groups in total. The van der Waals surface area contributed by atoms with Gasteiger partial charge in [-0.1, -0.05) is 200 Å². The molecule has 2 aliphatic carbocycles. The Balaban J connectivity index is 0.991. The summed E-state index contributed by atoms with van der Waals surface area (Å²) in [7, 11) is 0. The number of para-hydroxylation sites is 2. The standard InChI is InChI=1S/C67H42N2/c1-2-18-44(19-3-1)69-62-33-15-11-27-57(62)65-47(28-16-35-64(65)69)43-36-38-45(39-37-43)68(63-34-17-29-56-50-21-5-4-20-48(50)49-22-6-7-26-55(49)66(56)63)46-40-41-54-53-25-10-14-32-60(53)67(61(54)42-46)58-30-12-8-23-51(58)52-24-9-13-31-59(52)67/h1-42H. The van der Waals surface area contributed by atoms with E-state index >= 15 is 0 Å². The van der Waals surface area contributed by atoms with E-state index in [4.69, 9.17) is 0 Å². The van der Waals surface area contributed by atoms with Crippen LogP contribution in [-0.2, 0) is 5.41 Å². The van der Waals surface area contributed by atoms with Crippen molar-refractivity contribution in [2.45, 2.75) is 5.41 Å². The van der Waals surface area contributed by atoms with Gasteiger partial charge in [-0.05, 0) is 137 Å². The molecule has 0 saturated carbocycles. The van der Waals surface area contributed by atoms with Crippen LogP contribution in [0.2, 0.25) is 0 Å². The van der Waals surface area contributed by atoms with Crippen molar-refractivity contribution in [2.24, 2.45) is 0 Å². The predicted octanol–water partition coefficient (Wildman–Crippen LogP) is 17.7. The summed E-state index contributed by atoms with van der Waals surface area (Å²) >= 11 is 0. The average molecular weight is 875 g/mol. The van der Waals surface area contributed by atoms with E-state index in [1.165, 1.54) is 110 Å².